The van der Waals surface area contributed by atoms with Gasteiger partial charge in [-0.2, -0.15) is 0 Å². The Labute approximate surface area is 120 Å². The second kappa shape index (κ2) is 6.10. The van der Waals surface area contributed by atoms with Gasteiger partial charge in [-0.05, 0) is 17.9 Å². The minimum Gasteiger partial charge on any atom is -0.326 e. The zero-order valence-corrected chi connectivity index (χ0v) is 12.8. The highest BCUT2D eigenvalue weighted by molar-refractivity contribution is 7.89. The monoisotopic (exact) mass is 317 g/mol. The molecule has 0 radical (unpaired) electrons. The van der Waals surface area contributed by atoms with Crippen molar-refractivity contribution in [2.45, 2.75) is 30.8 Å². The van der Waals surface area contributed by atoms with Crippen LogP contribution in [0, 0.1) is 0 Å². The number of thiazole rings is 1. The van der Waals surface area contributed by atoms with E-state index in [1.807, 2.05) is 12.3 Å². The van der Waals surface area contributed by atoms with Gasteiger partial charge in [-0.25, -0.2) is 18.1 Å². The number of sulfonamides is 1. The zero-order chi connectivity index (χ0) is 13.9. The fourth-order valence-corrected chi connectivity index (χ4v) is 5.15. The van der Waals surface area contributed by atoms with Gasteiger partial charge >= 0.3 is 0 Å². The van der Waals surface area contributed by atoms with Crippen LogP contribution in [0.4, 0.5) is 0 Å². The number of hydrogen-bond donors (Lipinski definition) is 2. The van der Waals surface area contributed by atoms with Gasteiger partial charge < -0.3 is 5.73 Å². The largest absolute Gasteiger partial charge is 0.326 e. The number of aromatic nitrogens is 1. The molecule has 0 saturated carbocycles. The zero-order valence-electron chi connectivity index (χ0n) is 10.4. The first-order valence-electron chi connectivity index (χ1n) is 5.76. The summed E-state index contributed by atoms with van der Waals surface area (Å²) in [6.45, 7) is 2.15. The summed E-state index contributed by atoms with van der Waals surface area (Å²) in [5.74, 6) is 0. The van der Waals surface area contributed by atoms with Crippen LogP contribution in [0.2, 0.25) is 0 Å². The Morgan fingerprint density at radius 3 is 2.79 bits per heavy atom. The van der Waals surface area contributed by atoms with Gasteiger partial charge in [0.15, 0.2) is 0 Å². The topological polar surface area (TPSA) is 85.1 Å². The molecule has 3 N–H and O–H groups in total. The summed E-state index contributed by atoms with van der Waals surface area (Å²) in [6.07, 6.45) is 2.32. The maximum absolute atomic E-state index is 12.4. The van der Waals surface area contributed by atoms with Crippen molar-refractivity contribution in [2.24, 2.45) is 5.73 Å². The van der Waals surface area contributed by atoms with Crippen molar-refractivity contribution in [3.63, 3.8) is 0 Å². The predicted molar refractivity (Wildman–Crippen MR) is 77.7 cm³/mol. The van der Waals surface area contributed by atoms with Gasteiger partial charge in [-0.15, -0.1) is 22.7 Å². The van der Waals surface area contributed by atoms with Crippen molar-refractivity contribution in [2.75, 3.05) is 0 Å². The van der Waals surface area contributed by atoms with Crippen molar-refractivity contribution in [3.8, 4) is 0 Å². The molecule has 0 aliphatic heterocycles. The molecule has 0 aliphatic carbocycles. The van der Waals surface area contributed by atoms with Crippen LogP contribution in [0.3, 0.4) is 0 Å². The molecule has 1 atom stereocenters. The Balaban J connectivity index is 2.26. The smallest absolute Gasteiger partial charge is 0.242 e. The molecule has 0 amide bonds. The van der Waals surface area contributed by atoms with Gasteiger partial charge in [-0.3, -0.25) is 0 Å². The molecule has 2 rings (SSSR count). The van der Waals surface area contributed by atoms with Crippen LogP contribution < -0.4 is 10.5 Å². The lowest BCUT2D eigenvalue weighted by atomic mass is 10.3. The Kier molecular flexibility index (Phi) is 4.69. The van der Waals surface area contributed by atoms with Crippen molar-refractivity contribution >= 4 is 32.7 Å². The highest BCUT2D eigenvalue weighted by atomic mass is 32.2. The van der Waals surface area contributed by atoms with Crippen LogP contribution >= 0.6 is 22.7 Å². The highest BCUT2D eigenvalue weighted by Crippen LogP contribution is 2.25. The van der Waals surface area contributed by atoms with E-state index in [1.54, 1.807) is 17.6 Å². The van der Waals surface area contributed by atoms with Crippen LogP contribution in [-0.2, 0) is 16.6 Å². The van der Waals surface area contributed by atoms with E-state index in [1.165, 1.54) is 22.7 Å². The van der Waals surface area contributed by atoms with Crippen molar-refractivity contribution in [1.29, 1.82) is 0 Å². The van der Waals surface area contributed by atoms with E-state index in [2.05, 4.69) is 9.71 Å². The standard InChI is InChI=1S/C11H15N3O2S3/c1-2-8(11-13-4-6-18-11)14-19(15,16)10-3-5-17-9(10)7-12/h3-6,8,14H,2,7,12H2,1H3. The van der Waals surface area contributed by atoms with E-state index in [0.29, 0.717) is 11.3 Å². The quantitative estimate of drug-likeness (QED) is 0.854. The molecule has 5 nitrogen and oxygen atoms in total. The summed E-state index contributed by atoms with van der Waals surface area (Å²) >= 11 is 2.79. The number of nitrogens with zero attached hydrogens (tertiary/aromatic N) is 1. The third-order valence-electron chi connectivity index (χ3n) is 2.63. The average Bonchev–Trinajstić information content (AvgIpc) is 3.06. The van der Waals surface area contributed by atoms with E-state index in [4.69, 9.17) is 5.73 Å². The summed E-state index contributed by atoms with van der Waals surface area (Å²) in [5, 5.41) is 4.35. The van der Waals surface area contributed by atoms with Crippen molar-refractivity contribution < 1.29 is 8.42 Å². The Morgan fingerprint density at radius 2 is 2.21 bits per heavy atom. The molecule has 19 heavy (non-hydrogen) atoms. The van der Waals surface area contributed by atoms with E-state index in [9.17, 15) is 8.42 Å². The van der Waals surface area contributed by atoms with Gasteiger partial charge in [0, 0.05) is 23.0 Å². The van der Waals surface area contributed by atoms with E-state index in [-0.39, 0.29) is 17.5 Å². The van der Waals surface area contributed by atoms with Crippen molar-refractivity contribution in [1.82, 2.24) is 9.71 Å². The number of thiophene rings is 1. The van der Waals surface area contributed by atoms with Gasteiger partial charge in [0.25, 0.3) is 0 Å². The second-order valence-electron chi connectivity index (χ2n) is 3.86. The Hall–Kier alpha value is -0.800. The molecule has 0 fully saturated rings. The summed E-state index contributed by atoms with van der Waals surface area (Å²) in [5.41, 5.74) is 5.56. The lowest BCUT2D eigenvalue weighted by Crippen LogP contribution is -2.28. The van der Waals surface area contributed by atoms with Crippen LogP contribution in [0.1, 0.15) is 29.3 Å². The fourth-order valence-electron chi connectivity index (χ4n) is 1.68. The first kappa shape index (κ1) is 14.6. The molecule has 0 aliphatic rings. The summed E-state index contributed by atoms with van der Waals surface area (Å²) in [7, 11) is -3.55. The maximum Gasteiger partial charge on any atom is 0.242 e. The molecule has 0 saturated heterocycles. The van der Waals surface area contributed by atoms with Crippen LogP contribution in [0.25, 0.3) is 0 Å². The lowest BCUT2D eigenvalue weighted by molar-refractivity contribution is 0.548. The minimum absolute atomic E-state index is 0.224. The molecule has 0 bridgehead atoms. The highest BCUT2D eigenvalue weighted by Gasteiger charge is 2.24. The molecule has 8 heteroatoms. The van der Waals surface area contributed by atoms with Gasteiger partial charge in [0.05, 0.1) is 10.9 Å². The molecule has 2 heterocycles. The first-order chi connectivity index (χ1) is 9.08. The van der Waals surface area contributed by atoms with Crippen LogP contribution in [0.5, 0.6) is 0 Å². The SMILES string of the molecule is CCC(NS(=O)(=O)c1ccsc1CN)c1nccs1. The molecular weight excluding hydrogens is 302 g/mol. The molecule has 2 aromatic heterocycles. The minimum atomic E-state index is -3.55. The molecule has 0 spiro atoms. The Bertz CT molecular complexity index is 619. The third kappa shape index (κ3) is 3.21. The van der Waals surface area contributed by atoms with Gasteiger partial charge in [-0.1, -0.05) is 6.92 Å². The molecule has 0 aromatic carbocycles. The lowest BCUT2D eigenvalue weighted by Gasteiger charge is -2.14. The second-order valence-corrected chi connectivity index (χ2v) is 7.47. The van der Waals surface area contributed by atoms with E-state index >= 15 is 0 Å². The van der Waals surface area contributed by atoms with Crippen LogP contribution in [0.15, 0.2) is 27.9 Å². The molecule has 2 aromatic rings. The number of hydrogen-bond acceptors (Lipinski definition) is 6. The molecular formula is C11H15N3O2S3. The summed E-state index contributed by atoms with van der Waals surface area (Å²) in [4.78, 5) is 5.11. The Morgan fingerprint density at radius 1 is 1.42 bits per heavy atom. The third-order valence-corrected chi connectivity index (χ3v) is 6.15. The first-order valence-corrected chi connectivity index (χ1v) is 9.01. The average molecular weight is 317 g/mol. The molecule has 104 valence electrons. The summed E-state index contributed by atoms with van der Waals surface area (Å²) in [6, 6.07) is 1.29. The number of nitrogens with one attached hydrogen (secondary N) is 1. The fraction of sp³-hybridized carbons (Fsp3) is 0.364. The van der Waals surface area contributed by atoms with E-state index in [0.717, 1.165) is 5.01 Å². The van der Waals surface area contributed by atoms with E-state index < -0.39 is 10.0 Å². The van der Waals surface area contributed by atoms with Crippen molar-refractivity contribution in [3.05, 3.63) is 32.9 Å². The van der Waals surface area contributed by atoms with Gasteiger partial charge in [0.2, 0.25) is 10.0 Å². The predicted octanol–water partition coefficient (Wildman–Crippen LogP) is 2.09. The maximum atomic E-state index is 12.4. The van der Waals surface area contributed by atoms with Gasteiger partial charge in [0.1, 0.15) is 5.01 Å². The normalized spacial score (nSPS) is 13.6. The summed E-state index contributed by atoms with van der Waals surface area (Å²) < 4.78 is 27.4. The number of rotatable bonds is 6. The molecule has 1 unspecified atom stereocenters. The number of nitrogens with two attached hydrogens (primary N) is 1. The van der Waals surface area contributed by atoms with Crippen LogP contribution in [-0.4, -0.2) is 13.4 Å².